The van der Waals surface area contributed by atoms with Crippen molar-refractivity contribution in [3.05, 3.63) is 23.8 Å². The number of imide groups is 1. The van der Waals surface area contributed by atoms with Crippen LogP contribution in [0.4, 0.5) is 11.4 Å². The molecule has 0 radical (unpaired) electrons. The van der Waals surface area contributed by atoms with E-state index >= 15 is 0 Å². The average Bonchev–Trinajstić information content (AvgIpc) is 2.26. The van der Waals surface area contributed by atoms with Crippen LogP contribution in [0.25, 0.3) is 0 Å². The molecule has 0 aromatic heterocycles. The second-order valence-electron chi connectivity index (χ2n) is 4.81. The number of aryl methyl sites for hydroxylation is 1. The Kier molecular flexibility index (Phi) is 2.56. The van der Waals surface area contributed by atoms with Gasteiger partial charge in [0.2, 0.25) is 11.8 Å². The molecule has 0 saturated carbocycles. The van der Waals surface area contributed by atoms with Gasteiger partial charge in [-0.2, -0.15) is 0 Å². The number of nitrogens with two attached hydrogens (primary N) is 1. The molecule has 5 nitrogen and oxygen atoms in total. The molecule has 0 unspecified atom stereocenters. The van der Waals surface area contributed by atoms with Gasteiger partial charge < -0.3 is 11.1 Å². The van der Waals surface area contributed by atoms with Crippen LogP contribution in [-0.2, 0) is 16.0 Å². The van der Waals surface area contributed by atoms with Crippen molar-refractivity contribution in [3.63, 3.8) is 0 Å². The maximum absolute atomic E-state index is 12.3. The number of benzene rings is 1. The van der Waals surface area contributed by atoms with Gasteiger partial charge in [-0.25, -0.2) is 4.90 Å². The highest BCUT2D eigenvalue weighted by Gasteiger charge is 2.36. The topological polar surface area (TPSA) is 75.4 Å². The van der Waals surface area contributed by atoms with Crippen LogP contribution in [0.1, 0.15) is 12.0 Å². The lowest BCUT2D eigenvalue weighted by Gasteiger charge is -2.34. The fourth-order valence-corrected chi connectivity index (χ4v) is 2.40. The Balaban J connectivity index is 1.98. The molecule has 2 amide bonds. The summed E-state index contributed by atoms with van der Waals surface area (Å²) in [5.41, 5.74) is 8.09. The van der Waals surface area contributed by atoms with Gasteiger partial charge in [0.25, 0.3) is 0 Å². The van der Waals surface area contributed by atoms with E-state index in [1.807, 2.05) is 6.07 Å². The van der Waals surface area contributed by atoms with E-state index in [2.05, 4.69) is 5.32 Å². The normalized spacial score (nSPS) is 19.3. The number of nitrogens with one attached hydrogen (secondary N) is 1. The molecule has 1 saturated heterocycles. The fourth-order valence-electron chi connectivity index (χ4n) is 2.40. The number of hydrogen-bond acceptors (Lipinski definition) is 4. The zero-order chi connectivity index (χ0) is 12.7. The molecule has 3 N–H and O–H groups in total. The number of nitrogens with zero attached hydrogens (tertiary/aromatic N) is 1. The van der Waals surface area contributed by atoms with Crippen LogP contribution >= 0.6 is 0 Å². The molecule has 1 aromatic rings. The van der Waals surface area contributed by atoms with E-state index in [1.165, 1.54) is 4.90 Å². The van der Waals surface area contributed by atoms with E-state index in [0.717, 1.165) is 5.56 Å². The fraction of sp³-hybridized carbons (Fsp3) is 0.385. The molecule has 3 rings (SSSR count). The summed E-state index contributed by atoms with van der Waals surface area (Å²) in [4.78, 5) is 25.6. The summed E-state index contributed by atoms with van der Waals surface area (Å²) >= 11 is 0. The van der Waals surface area contributed by atoms with Gasteiger partial charge in [-0.1, -0.05) is 0 Å². The summed E-state index contributed by atoms with van der Waals surface area (Å²) in [5.74, 6) is -0.272. The number of carbonyl (C=O) groups excluding carboxylic acids is 2. The Labute approximate surface area is 105 Å². The number of rotatable bonds is 1. The third-order valence-electron chi connectivity index (χ3n) is 3.55. The van der Waals surface area contributed by atoms with Crippen molar-refractivity contribution in [2.24, 2.45) is 5.92 Å². The molecule has 1 aromatic carbocycles. The van der Waals surface area contributed by atoms with E-state index in [0.29, 0.717) is 37.3 Å². The van der Waals surface area contributed by atoms with E-state index in [4.69, 9.17) is 5.73 Å². The van der Waals surface area contributed by atoms with E-state index < -0.39 is 0 Å². The first-order valence-corrected chi connectivity index (χ1v) is 6.13. The van der Waals surface area contributed by atoms with Gasteiger partial charge in [-0.3, -0.25) is 9.59 Å². The van der Waals surface area contributed by atoms with Crippen LogP contribution in [0.2, 0.25) is 0 Å². The molecule has 18 heavy (non-hydrogen) atoms. The van der Waals surface area contributed by atoms with Crippen LogP contribution in [0.3, 0.4) is 0 Å². The predicted octanol–water partition coefficient (Wildman–Crippen LogP) is 0.294. The monoisotopic (exact) mass is 245 g/mol. The Morgan fingerprint density at radius 2 is 2.11 bits per heavy atom. The summed E-state index contributed by atoms with van der Waals surface area (Å²) < 4.78 is 0. The molecular weight excluding hydrogens is 230 g/mol. The van der Waals surface area contributed by atoms with Crippen molar-refractivity contribution in [2.45, 2.75) is 12.8 Å². The molecule has 94 valence electrons. The first-order valence-electron chi connectivity index (χ1n) is 6.13. The lowest BCUT2D eigenvalue weighted by molar-refractivity contribution is -0.130. The Bertz CT molecular complexity index is 523. The zero-order valence-corrected chi connectivity index (χ0v) is 9.98. The maximum Gasteiger partial charge on any atom is 0.239 e. The lowest BCUT2D eigenvalue weighted by Crippen LogP contribution is -2.54. The van der Waals surface area contributed by atoms with Crippen molar-refractivity contribution in [1.29, 1.82) is 0 Å². The molecule has 2 aliphatic rings. The SMILES string of the molecule is Nc1ccc2c(c1)CCC(=O)N2C(=O)C1CNC1. The van der Waals surface area contributed by atoms with Gasteiger partial charge in [0.15, 0.2) is 0 Å². The molecule has 0 aliphatic carbocycles. The van der Waals surface area contributed by atoms with Gasteiger partial charge in [0, 0.05) is 25.2 Å². The largest absolute Gasteiger partial charge is 0.399 e. The third-order valence-corrected chi connectivity index (χ3v) is 3.55. The first kappa shape index (κ1) is 11.2. The van der Waals surface area contributed by atoms with Gasteiger partial charge in [-0.15, -0.1) is 0 Å². The van der Waals surface area contributed by atoms with Crippen LogP contribution in [0, 0.1) is 5.92 Å². The van der Waals surface area contributed by atoms with Crippen molar-refractivity contribution in [2.75, 3.05) is 23.7 Å². The summed E-state index contributed by atoms with van der Waals surface area (Å²) in [5, 5.41) is 3.05. The number of anilines is 2. The Morgan fingerprint density at radius 1 is 1.33 bits per heavy atom. The van der Waals surface area contributed by atoms with E-state index in [9.17, 15) is 9.59 Å². The number of nitrogen functional groups attached to an aromatic ring is 1. The van der Waals surface area contributed by atoms with Crippen molar-refractivity contribution < 1.29 is 9.59 Å². The van der Waals surface area contributed by atoms with Crippen molar-refractivity contribution >= 4 is 23.2 Å². The molecule has 1 fully saturated rings. The van der Waals surface area contributed by atoms with Gasteiger partial charge in [-0.05, 0) is 30.2 Å². The van der Waals surface area contributed by atoms with E-state index in [-0.39, 0.29) is 17.7 Å². The second kappa shape index (κ2) is 4.10. The first-order chi connectivity index (χ1) is 8.66. The molecule has 0 bridgehead atoms. The van der Waals surface area contributed by atoms with Crippen LogP contribution in [0.15, 0.2) is 18.2 Å². The highest BCUT2D eigenvalue weighted by atomic mass is 16.2. The Hall–Kier alpha value is -1.88. The average molecular weight is 245 g/mol. The molecule has 0 spiro atoms. The number of amides is 2. The molecule has 2 heterocycles. The highest BCUT2D eigenvalue weighted by molar-refractivity contribution is 6.17. The summed E-state index contributed by atoms with van der Waals surface area (Å²) in [7, 11) is 0. The minimum absolute atomic E-state index is 0.0718. The van der Waals surface area contributed by atoms with Gasteiger partial charge >= 0.3 is 0 Å². The predicted molar refractivity (Wildman–Crippen MR) is 68.0 cm³/mol. The van der Waals surface area contributed by atoms with Crippen LogP contribution < -0.4 is 16.0 Å². The van der Waals surface area contributed by atoms with Gasteiger partial charge in [0.05, 0.1) is 11.6 Å². The zero-order valence-electron chi connectivity index (χ0n) is 9.98. The van der Waals surface area contributed by atoms with Gasteiger partial charge in [0.1, 0.15) is 0 Å². The van der Waals surface area contributed by atoms with Crippen molar-refractivity contribution in [1.82, 2.24) is 5.32 Å². The molecule has 0 atom stereocenters. The van der Waals surface area contributed by atoms with Crippen molar-refractivity contribution in [3.8, 4) is 0 Å². The smallest absolute Gasteiger partial charge is 0.239 e. The van der Waals surface area contributed by atoms with Crippen LogP contribution in [-0.4, -0.2) is 24.9 Å². The quantitative estimate of drug-likeness (QED) is 0.551. The summed E-state index contributed by atoms with van der Waals surface area (Å²) in [6, 6.07) is 5.35. The Morgan fingerprint density at radius 3 is 2.78 bits per heavy atom. The standard InChI is InChI=1S/C13H15N3O2/c14-10-2-3-11-8(5-10)1-4-12(17)16(11)13(18)9-6-15-7-9/h2-3,5,9,15H,1,4,6-7,14H2. The van der Waals surface area contributed by atoms with E-state index in [1.54, 1.807) is 12.1 Å². The lowest BCUT2D eigenvalue weighted by atomic mass is 9.96. The molecular formula is C13H15N3O2. The highest BCUT2D eigenvalue weighted by Crippen LogP contribution is 2.31. The number of hydrogen-bond donors (Lipinski definition) is 2. The molecule has 2 aliphatic heterocycles. The maximum atomic E-state index is 12.3. The third kappa shape index (κ3) is 1.67. The summed E-state index contributed by atoms with van der Waals surface area (Å²) in [6.07, 6.45) is 1.04. The minimum Gasteiger partial charge on any atom is -0.399 e. The molecule has 5 heteroatoms. The summed E-state index contributed by atoms with van der Waals surface area (Å²) in [6.45, 7) is 1.32. The van der Waals surface area contributed by atoms with Crippen LogP contribution in [0.5, 0.6) is 0 Å². The minimum atomic E-state index is -0.107. The number of carbonyl (C=O) groups is 2. The second-order valence-corrected chi connectivity index (χ2v) is 4.81. The number of fused-ring (bicyclic) bond motifs is 1.